The van der Waals surface area contributed by atoms with Crippen molar-refractivity contribution < 1.29 is 4.79 Å². The van der Waals surface area contributed by atoms with Crippen LogP contribution in [0.1, 0.15) is 32.1 Å². The van der Waals surface area contributed by atoms with Crippen LogP contribution in [-0.4, -0.2) is 23.9 Å². The Kier molecular flexibility index (Phi) is 5.82. The van der Waals surface area contributed by atoms with Gasteiger partial charge in [-0.2, -0.15) is 0 Å². The predicted molar refractivity (Wildman–Crippen MR) is 80.6 cm³/mol. The standard InChI is InChI=1S/C13H21BrN2OS/c1-4-16(9-10-5-6-11(14)18-10)12(17)13(2,3)7-8-15/h5-6H,4,7-9,15H2,1-3H3. The SMILES string of the molecule is CCN(Cc1ccc(Br)s1)C(=O)C(C)(C)CCN. The number of nitrogens with two attached hydrogens (primary N) is 1. The van der Waals surface area contributed by atoms with Gasteiger partial charge in [0.2, 0.25) is 5.91 Å². The number of carbonyl (C=O) groups is 1. The maximum Gasteiger partial charge on any atom is 0.228 e. The van der Waals surface area contributed by atoms with Gasteiger partial charge < -0.3 is 10.6 Å². The fourth-order valence-corrected chi connectivity index (χ4v) is 3.35. The summed E-state index contributed by atoms with van der Waals surface area (Å²) in [5.74, 6) is 0.181. The Morgan fingerprint density at radius 1 is 1.50 bits per heavy atom. The largest absolute Gasteiger partial charge is 0.337 e. The first-order valence-corrected chi connectivity index (χ1v) is 7.75. The molecule has 1 amide bonds. The molecule has 0 aliphatic rings. The van der Waals surface area contributed by atoms with E-state index in [2.05, 4.69) is 22.0 Å². The Morgan fingerprint density at radius 3 is 2.61 bits per heavy atom. The molecule has 1 aromatic rings. The maximum absolute atomic E-state index is 12.5. The van der Waals surface area contributed by atoms with E-state index in [9.17, 15) is 4.79 Å². The van der Waals surface area contributed by atoms with Crippen molar-refractivity contribution in [3.05, 3.63) is 20.8 Å². The van der Waals surface area contributed by atoms with Crippen molar-refractivity contribution in [3.63, 3.8) is 0 Å². The normalized spacial score (nSPS) is 11.6. The summed E-state index contributed by atoms with van der Waals surface area (Å²) in [6.45, 7) is 7.90. The number of carbonyl (C=O) groups excluding carboxylic acids is 1. The van der Waals surface area contributed by atoms with Gasteiger partial charge in [0.1, 0.15) is 0 Å². The molecule has 0 unspecified atom stereocenters. The van der Waals surface area contributed by atoms with Crippen LogP contribution in [0.4, 0.5) is 0 Å². The summed E-state index contributed by atoms with van der Waals surface area (Å²) in [5, 5.41) is 0. The second-order valence-electron chi connectivity index (χ2n) is 4.95. The van der Waals surface area contributed by atoms with Gasteiger partial charge in [0, 0.05) is 16.8 Å². The van der Waals surface area contributed by atoms with E-state index < -0.39 is 0 Å². The summed E-state index contributed by atoms with van der Waals surface area (Å²) in [5.41, 5.74) is 5.20. The fourth-order valence-electron chi connectivity index (χ4n) is 1.85. The minimum absolute atomic E-state index is 0.181. The number of thiophene rings is 1. The van der Waals surface area contributed by atoms with Gasteiger partial charge in [-0.25, -0.2) is 0 Å². The third-order valence-electron chi connectivity index (χ3n) is 2.99. The fraction of sp³-hybridized carbons (Fsp3) is 0.615. The number of hydrogen-bond donors (Lipinski definition) is 1. The van der Waals surface area contributed by atoms with E-state index in [0.717, 1.165) is 16.8 Å². The lowest BCUT2D eigenvalue weighted by Crippen LogP contribution is -2.41. The van der Waals surface area contributed by atoms with E-state index in [1.165, 1.54) is 4.88 Å². The third-order valence-corrected chi connectivity index (χ3v) is 4.60. The van der Waals surface area contributed by atoms with Gasteiger partial charge in [-0.15, -0.1) is 11.3 Å². The van der Waals surface area contributed by atoms with E-state index in [0.29, 0.717) is 13.1 Å². The summed E-state index contributed by atoms with van der Waals surface area (Å²) in [4.78, 5) is 15.6. The van der Waals surface area contributed by atoms with Crippen LogP contribution < -0.4 is 5.73 Å². The van der Waals surface area contributed by atoms with Crippen LogP contribution in [0.3, 0.4) is 0 Å². The first-order valence-electron chi connectivity index (χ1n) is 6.14. The molecule has 0 atom stereocenters. The number of amides is 1. The topological polar surface area (TPSA) is 46.3 Å². The molecule has 0 bridgehead atoms. The van der Waals surface area contributed by atoms with Crippen molar-refractivity contribution in [2.75, 3.05) is 13.1 Å². The number of nitrogens with zero attached hydrogens (tertiary/aromatic N) is 1. The van der Waals surface area contributed by atoms with Crippen LogP contribution >= 0.6 is 27.3 Å². The highest BCUT2D eigenvalue weighted by atomic mass is 79.9. The maximum atomic E-state index is 12.5. The Hall–Kier alpha value is -0.390. The molecule has 0 aliphatic carbocycles. The molecule has 0 saturated heterocycles. The Balaban J connectivity index is 2.74. The van der Waals surface area contributed by atoms with Gasteiger partial charge in [-0.3, -0.25) is 4.79 Å². The molecule has 0 aromatic carbocycles. The zero-order valence-corrected chi connectivity index (χ0v) is 13.6. The number of halogens is 1. The van der Waals surface area contributed by atoms with E-state index in [-0.39, 0.29) is 11.3 Å². The van der Waals surface area contributed by atoms with Gasteiger partial charge in [-0.1, -0.05) is 13.8 Å². The Labute approximate surface area is 121 Å². The molecule has 3 nitrogen and oxygen atoms in total. The zero-order chi connectivity index (χ0) is 13.8. The summed E-state index contributed by atoms with van der Waals surface area (Å²) in [7, 11) is 0. The average molecular weight is 333 g/mol. The molecule has 0 radical (unpaired) electrons. The summed E-state index contributed by atoms with van der Waals surface area (Å²) in [6.07, 6.45) is 0.719. The van der Waals surface area contributed by atoms with Crippen molar-refractivity contribution in [1.82, 2.24) is 4.90 Å². The van der Waals surface area contributed by atoms with Crippen molar-refractivity contribution in [3.8, 4) is 0 Å². The van der Waals surface area contributed by atoms with E-state index in [4.69, 9.17) is 5.73 Å². The molecule has 2 N–H and O–H groups in total. The van der Waals surface area contributed by atoms with Crippen molar-refractivity contribution in [2.24, 2.45) is 11.1 Å². The van der Waals surface area contributed by atoms with Crippen molar-refractivity contribution in [1.29, 1.82) is 0 Å². The van der Waals surface area contributed by atoms with Gasteiger partial charge in [0.25, 0.3) is 0 Å². The summed E-state index contributed by atoms with van der Waals surface area (Å²) >= 11 is 5.11. The first kappa shape index (κ1) is 15.7. The van der Waals surface area contributed by atoms with Crippen LogP contribution in [0.2, 0.25) is 0 Å². The van der Waals surface area contributed by atoms with Gasteiger partial charge in [0.15, 0.2) is 0 Å². The Bertz CT molecular complexity index is 403. The highest BCUT2D eigenvalue weighted by Crippen LogP contribution is 2.27. The monoisotopic (exact) mass is 332 g/mol. The average Bonchev–Trinajstić information content (AvgIpc) is 2.70. The second kappa shape index (κ2) is 6.68. The highest BCUT2D eigenvalue weighted by molar-refractivity contribution is 9.11. The second-order valence-corrected chi connectivity index (χ2v) is 7.50. The Morgan fingerprint density at radius 2 is 2.17 bits per heavy atom. The minimum Gasteiger partial charge on any atom is -0.337 e. The molecule has 0 spiro atoms. The van der Waals surface area contributed by atoms with E-state index in [1.807, 2.05) is 31.7 Å². The molecule has 0 saturated carbocycles. The molecule has 1 aromatic heterocycles. The minimum atomic E-state index is -0.376. The van der Waals surface area contributed by atoms with Gasteiger partial charge in [-0.05, 0) is 48.0 Å². The molecule has 0 fully saturated rings. The molecule has 1 rings (SSSR count). The van der Waals surface area contributed by atoms with Crippen LogP contribution in [0.15, 0.2) is 15.9 Å². The van der Waals surface area contributed by atoms with Crippen LogP contribution in [0, 0.1) is 5.41 Å². The lowest BCUT2D eigenvalue weighted by molar-refractivity contribution is -0.141. The van der Waals surface area contributed by atoms with E-state index in [1.54, 1.807) is 11.3 Å². The first-order chi connectivity index (χ1) is 8.40. The molecular weight excluding hydrogens is 312 g/mol. The summed E-state index contributed by atoms with van der Waals surface area (Å²) < 4.78 is 1.10. The number of hydrogen-bond acceptors (Lipinski definition) is 3. The molecular formula is C13H21BrN2OS. The van der Waals surface area contributed by atoms with E-state index >= 15 is 0 Å². The predicted octanol–water partition coefficient (Wildman–Crippen LogP) is 3.23. The quantitative estimate of drug-likeness (QED) is 0.869. The summed E-state index contributed by atoms with van der Waals surface area (Å²) in [6, 6.07) is 4.07. The lowest BCUT2D eigenvalue weighted by Gasteiger charge is -2.30. The molecule has 1 heterocycles. The van der Waals surface area contributed by atoms with Crippen molar-refractivity contribution in [2.45, 2.75) is 33.7 Å². The molecule has 0 aliphatic heterocycles. The molecule has 102 valence electrons. The highest BCUT2D eigenvalue weighted by Gasteiger charge is 2.30. The number of rotatable bonds is 6. The van der Waals surface area contributed by atoms with Gasteiger partial charge in [0.05, 0.1) is 10.3 Å². The van der Waals surface area contributed by atoms with Gasteiger partial charge >= 0.3 is 0 Å². The molecule has 18 heavy (non-hydrogen) atoms. The molecule has 5 heteroatoms. The smallest absolute Gasteiger partial charge is 0.228 e. The van der Waals surface area contributed by atoms with Crippen LogP contribution in [-0.2, 0) is 11.3 Å². The zero-order valence-electron chi connectivity index (χ0n) is 11.2. The van der Waals surface area contributed by atoms with Crippen molar-refractivity contribution >= 4 is 33.2 Å². The third kappa shape index (κ3) is 4.07. The lowest BCUT2D eigenvalue weighted by atomic mass is 9.87. The van der Waals surface area contributed by atoms with Crippen LogP contribution in [0.5, 0.6) is 0 Å². The van der Waals surface area contributed by atoms with Crippen LogP contribution in [0.25, 0.3) is 0 Å².